The number of benzene rings is 1. The molecule has 0 atom stereocenters. The number of nitrogens with zero attached hydrogens (tertiary/aromatic N) is 1. The van der Waals surface area contributed by atoms with Crippen LogP contribution in [0.2, 0.25) is 0 Å². The molecular weight excluding hydrogens is 160 g/mol. The van der Waals surface area contributed by atoms with Gasteiger partial charge in [-0.1, -0.05) is 29.8 Å². The molecule has 0 fully saturated rings. The summed E-state index contributed by atoms with van der Waals surface area (Å²) in [4.78, 5) is 0. The topological polar surface area (TPSA) is 28.7 Å². The molecular formula is C11H12N2. The second-order valence-electron chi connectivity index (χ2n) is 3.27. The zero-order chi connectivity index (χ0) is 9.10. The fraction of sp³-hybridized carbons (Fsp3) is 0.182. The molecule has 1 aromatic carbocycles. The summed E-state index contributed by atoms with van der Waals surface area (Å²) in [6.07, 6.45) is 4.75. The van der Waals surface area contributed by atoms with Crippen LogP contribution in [0.5, 0.6) is 0 Å². The molecule has 1 N–H and O–H groups in total. The van der Waals surface area contributed by atoms with Crippen molar-refractivity contribution in [2.45, 2.75) is 13.3 Å². The van der Waals surface area contributed by atoms with Crippen molar-refractivity contribution in [1.29, 1.82) is 0 Å². The fourth-order valence-corrected chi connectivity index (χ4v) is 1.43. The van der Waals surface area contributed by atoms with E-state index in [-0.39, 0.29) is 0 Å². The predicted molar refractivity (Wildman–Crippen MR) is 52.6 cm³/mol. The van der Waals surface area contributed by atoms with Gasteiger partial charge in [0.25, 0.3) is 0 Å². The summed E-state index contributed by atoms with van der Waals surface area (Å²) < 4.78 is 0. The van der Waals surface area contributed by atoms with E-state index in [9.17, 15) is 0 Å². The summed E-state index contributed by atoms with van der Waals surface area (Å²) in [5, 5.41) is 6.73. The number of H-pyrrole nitrogens is 1. The van der Waals surface area contributed by atoms with Gasteiger partial charge in [-0.2, -0.15) is 5.10 Å². The molecule has 0 aliphatic rings. The first kappa shape index (κ1) is 8.05. The molecule has 2 nitrogen and oxygen atoms in total. The second kappa shape index (κ2) is 3.44. The molecule has 0 aliphatic carbocycles. The Morgan fingerprint density at radius 1 is 1.31 bits per heavy atom. The number of aromatic nitrogens is 2. The molecule has 13 heavy (non-hydrogen) atoms. The van der Waals surface area contributed by atoms with Gasteiger partial charge >= 0.3 is 0 Å². The number of hydrogen-bond donors (Lipinski definition) is 1. The van der Waals surface area contributed by atoms with E-state index in [1.807, 2.05) is 12.4 Å². The number of nitrogens with one attached hydrogen (secondary N) is 1. The van der Waals surface area contributed by atoms with Crippen molar-refractivity contribution in [3.05, 3.63) is 53.3 Å². The van der Waals surface area contributed by atoms with Gasteiger partial charge in [-0.25, -0.2) is 0 Å². The Hall–Kier alpha value is -1.57. The molecule has 2 aromatic rings. The van der Waals surface area contributed by atoms with Crippen LogP contribution in [-0.2, 0) is 6.42 Å². The Bertz CT molecular complexity index is 377. The summed E-state index contributed by atoms with van der Waals surface area (Å²) in [6.45, 7) is 2.11. The standard InChI is InChI=1S/C11H12N2/c1-9-3-2-4-10(5-9)6-11-7-12-13-8-11/h2-5,7-8H,6H2,1H3,(H,12,13). The molecule has 0 amide bonds. The van der Waals surface area contributed by atoms with Gasteiger partial charge in [0, 0.05) is 12.6 Å². The van der Waals surface area contributed by atoms with Gasteiger partial charge in [-0.05, 0) is 18.1 Å². The van der Waals surface area contributed by atoms with Gasteiger partial charge in [0.1, 0.15) is 0 Å². The number of rotatable bonds is 2. The average Bonchev–Trinajstić information content (AvgIpc) is 2.57. The molecule has 0 saturated carbocycles. The molecule has 0 radical (unpaired) electrons. The SMILES string of the molecule is Cc1cccc(Cc2cn[nH]c2)c1. The quantitative estimate of drug-likeness (QED) is 0.739. The van der Waals surface area contributed by atoms with Gasteiger partial charge in [0.05, 0.1) is 6.20 Å². The lowest BCUT2D eigenvalue weighted by Gasteiger charge is -1.99. The number of hydrogen-bond acceptors (Lipinski definition) is 1. The van der Waals surface area contributed by atoms with Crippen molar-refractivity contribution < 1.29 is 0 Å². The Kier molecular flexibility index (Phi) is 2.13. The fourth-order valence-electron chi connectivity index (χ4n) is 1.43. The third-order valence-corrected chi connectivity index (χ3v) is 2.05. The number of aromatic amines is 1. The van der Waals surface area contributed by atoms with Crippen LogP contribution in [0.1, 0.15) is 16.7 Å². The number of aryl methyl sites for hydroxylation is 1. The monoisotopic (exact) mass is 172 g/mol. The second-order valence-corrected chi connectivity index (χ2v) is 3.27. The van der Waals surface area contributed by atoms with Gasteiger partial charge in [0.2, 0.25) is 0 Å². The first-order valence-electron chi connectivity index (χ1n) is 4.38. The minimum absolute atomic E-state index is 0.957. The minimum Gasteiger partial charge on any atom is -0.285 e. The average molecular weight is 172 g/mol. The van der Waals surface area contributed by atoms with E-state index in [0.717, 1.165) is 6.42 Å². The van der Waals surface area contributed by atoms with Crippen LogP contribution in [0.15, 0.2) is 36.7 Å². The summed E-state index contributed by atoms with van der Waals surface area (Å²) in [7, 11) is 0. The molecule has 2 rings (SSSR count). The normalized spacial score (nSPS) is 10.2. The predicted octanol–water partition coefficient (Wildman–Crippen LogP) is 2.31. The molecule has 2 heteroatoms. The van der Waals surface area contributed by atoms with Crippen molar-refractivity contribution >= 4 is 0 Å². The molecule has 0 aliphatic heterocycles. The first-order valence-corrected chi connectivity index (χ1v) is 4.38. The van der Waals surface area contributed by atoms with Crippen LogP contribution in [0.3, 0.4) is 0 Å². The molecule has 66 valence electrons. The van der Waals surface area contributed by atoms with Crippen LogP contribution >= 0.6 is 0 Å². The van der Waals surface area contributed by atoms with E-state index < -0.39 is 0 Å². The summed E-state index contributed by atoms with van der Waals surface area (Å²) in [6, 6.07) is 8.54. The third kappa shape index (κ3) is 1.96. The van der Waals surface area contributed by atoms with E-state index in [1.54, 1.807) is 0 Å². The Morgan fingerprint density at radius 2 is 2.23 bits per heavy atom. The van der Waals surface area contributed by atoms with E-state index >= 15 is 0 Å². The van der Waals surface area contributed by atoms with Gasteiger partial charge in [-0.15, -0.1) is 0 Å². The van der Waals surface area contributed by atoms with Gasteiger partial charge in [0.15, 0.2) is 0 Å². The lowest BCUT2D eigenvalue weighted by molar-refractivity contribution is 1.09. The molecule has 0 saturated heterocycles. The first-order chi connectivity index (χ1) is 6.34. The van der Waals surface area contributed by atoms with Crippen molar-refractivity contribution in [2.24, 2.45) is 0 Å². The minimum atomic E-state index is 0.957. The van der Waals surface area contributed by atoms with Crippen molar-refractivity contribution in [2.75, 3.05) is 0 Å². The highest BCUT2D eigenvalue weighted by atomic mass is 15.1. The largest absolute Gasteiger partial charge is 0.285 e. The smallest absolute Gasteiger partial charge is 0.0522 e. The maximum absolute atomic E-state index is 3.92. The Balaban J connectivity index is 2.19. The lowest BCUT2D eigenvalue weighted by atomic mass is 10.1. The summed E-state index contributed by atoms with van der Waals surface area (Å²) >= 11 is 0. The highest BCUT2D eigenvalue weighted by molar-refractivity contribution is 5.26. The van der Waals surface area contributed by atoms with Gasteiger partial charge < -0.3 is 0 Å². The van der Waals surface area contributed by atoms with Crippen molar-refractivity contribution in [3.8, 4) is 0 Å². The highest BCUT2D eigenvalue weighted by Crippen LogP contribution is 2.09. The van der Waals surface area contributed by atoms with Crippen molar-refractivity contribution in [1.82, 2.24) is 10.2 Å². The van der Waals surface area contributed by atoms with Crippen LogP contribution in [-0.4, -0.2) is 10.2 Å². The summed E-state index contributed by atoms with van der Waals surface area (Å²) in [5.41, 5.74) is 3.87. The molecule has 1 aromatic heterocycles. The molecule has 0 bridgehead atoms. The Labute approximate surface area is 77.6 Å². The maximum atomic E-state index is 3.92. The van der Waals surface area contributed by atoms with Crippen LogP contribution in [0.4, 0.5) is 0 Å². The zero-order valence-electron chi connectivity index (χ0n) is 7.62. The maximum Gasteiger partial charge on any atom is 0.0522 e. The van der Waals surface area contributed by atoms with Gasteiger partial charge in [-0.3, -0.25) is 5.10 Å². The Morgan fingerprint density at radius 3 is 2.92 bits per heavy atom. The molecule has 1 heterocycles. The van der Waals surface area contributed by atoms with Crippen LogP contribution < -0.4 is 0 Å². The van der Waals surface area contributed by atoms with E-state index in [1.165, 1.54) is 16.7 Å². The van der Waals surface area contributed by atoms with E-state index in [0.29, 0.717) is 0 Å². The lowest BCUT2D eigenvalue weighted by Crippen LogP contribution is -1.85. The zero-order valence-corrected chi connectivity index (χ0v) is 7.62. The van der Waals surface area contributed by atoms with E-state index in [4.69, 9.17) is 0 Å². The highest BCUT2D eigenvalue weighted by Gasteiger charge is 1.96. The van der Waals surface area contributed by atoms with Crippen molar-refractivity contribution in [3.63, 3.8) is 0 Å². The molecule has 0 unspecified atom stereocenters. The third-order valence-electron chi connectivity index (χ3n) is 2.05. The summed E-state index contributed by atoms with van der Waals surface area (Å²) in [5.74, 6) is 0. The van der Waals surface area contributed by atoms with Crippen LogP contribution in [0, 0.1) is 6.92 Å². The van der Waals surface area contributed by atoms with Crippen LogP contribution in [0.25, 0.3) is 0 Å². The molecule has 0 spiro atoms. The van der Waals surface area contributed by atoms with E-state index in [2.05, 4.69) is 41.4 Å².